The van der Waals surface area contributed by atoms with E-state index in [0.29, 0.717) is 24.7 Å². The van der Waals surface area contributed by atoms with E-state index in [9.17, 15) is 14.7 Å². The molecule has 28 heavy (non-hydrogen) atoms. The Hall–Kier alpha value is -3.02. The molecule has 6 heteroatoms. The second-order valence-corrected chi connectivity index (χ2v) is 6.84. The smallest absolute Gasteiger partial charge is 0.308 e. The quantitative estimate of drug-likeness (QED) is 0.796. The van der Waals surface area contributed by atoms with Crippen molar-refractivity contribution in [1.82, 2.24) is 4.90 Å². The summed E-state index contributed by atoms with van der Waals surface area (Å²) in [6.07, 6.45) is 0.188. The molecule has 0 spiro atoms. The van der Waals surface area contributed by atoms with Crippen molar-refractivity contribution in [3.05, 3.63) is 59.7 Å². The average Bonchev–Trinajstić information content (AvgIpc) is 3.16. The summed E-state index contributed by atoms with van der Waals surface area (Å²) in [5.41, 5.74) is 1.68. The van der Waals surface area contributed by atoms with Crippen molar-refractivity contribution in [3.63, 3.8) is 0 Å². The number of hydrogen-bond acceptors (Lipinski definition) is 4. The number of para-hydroxylation sites is 1. The number of methoxy groups -OCH3 is 1. The van der Waals surface area contributed by atoms with E-state index >= 15 is 0 Å². The zero-order chi connectivity index (χ0) is 20.1. The van der Waals surface area contributed by atoms with Crippen LogP contribution in [0.25, 0.3) is 0 Å². The standard InChI is InChI=1S/C22H25NO5/c1-3-28-20-10-5-4-7-16(20)12-21(24)23-13-18(19(14-23)22(25)26)15-8-6-9-17(11-15)27-2/h4-11,18-19H,3,12-14H2,1-2H3,(H,25,26)/t18-,19+/m0/s1. The lowest BCUT2D eigenvalue weighted by atomic mass is 9.89. The van der Waals surface area contributed by atoms with Crippen molar-refractivity contribution >= 4 is 11.9 Å². The van der Waals surface area contributed by atoms with Crippen LogP contribution in [0, 0.1) is 5.92 Å². The van der Waals surface area contributed by atoms with Crippen LogP contribution in [0.1, 0.15) is 24.0 Å². The minimum absolute atomic E-state index is 0.0937. The fourth-order valence-corrected chi connectivity index (χ4v) is 3.69. The summed E-state index contributed by atoms with van der Waals surface area (Å²) >= 11 is 0. The molecular weight excluding hydrogens is 358 g/mol. The molecule has 0 aliphatic carbocycles. The molecule has 0 aromatic heterocycles. The molecule has 3 rings (SSSR count). The first-order valence-electron chi connectivity index (χ1n) is 9.38. The Morgan fingerprint density at radius 3 is 2.64 bits per heavy atom. The number of aliphatic carboxylic acids is 1. The molecule has 1 amide bonds. The molecule has 0 bridgehead atoms. The van der Waals surface area contributed by atoms with Crippen LogP contribution in [0.5, 0.6) is 11.5 Å². The normalized spacial score (nSPS) is 18.7. The first kappa shape index (κ1) is 19.7. The predicted molar refractivity (Wildman–Crippen MR) is 105 cm³/mol. The molecule has 1 fully saturated rings. The number of likely N-dealkylation sites (tertiary alicyclic amines) is 1. The number of rotatable bonds is 7. The summed E-state index contributed by atoms with van der Waals surface area (Å²) in [6.45, 7) is 3.00. The number of ether oxygens (including phenoxy) is 2. The van der Waals surface area contributed by atoms with Crippen LogP contribution in [0.3, 0.4) is 0 Å². The van der Waals surface area contributed by atoms with E-state index in [1.807, 2.05) is 55.5 Å². The monoisotopic (exact) mass is 383 g/mol. The van der Waals surface area contributed by atoms with Crippen LogP contribution in [0.4, 0.5) is 0 Å². The molecule has 1 heterocycles. The number of nitrogens with zero attached hydrogens (tertiary/aromatic N) is 1. The Morgan fingerprint density at radius 2 is 1.93 bits per heavy atom. The Bertz CT molecular complexity index is 850. The second kappa shape index (κ2) is 8.78. The molecule has 1 N–H and O–H groups in total. The number of carboxylic acid groups (broad SMARTS) is 1. The minimum atomic E-state index is -0.891. The largest absolute Gasteiger partial charge is 0.497 e. The number of carboxylic acids is 1. The molecular formula is C22H25NO5. The molecule has 0 radical (unpaired) electrons. The molecule has 2 aromatic carbocycles. The molecule has 1 aliphatic rings. The third-order valence-corrected chi connectivity index (χ3v) is 5.13. The molecule has 0 saturated carbocycles. The van der Waals surface area contributed by atoms with E-state index in [-0.39, 0.29) is 24.8 Å². The summed E-state index contributed by atoms with van der Waals surface area (Å²) in [7, 11) is 1.58. The number of carbonyl (C=O) groups excluding carboxylic acids is 1. The lowest BCUT2D eigenvalue weighted by molar-refractivity contribution is -0.141. The first-order chi connectivity index (χ1) is 13.5. The van der Waals surface area contributed by atoms with E-state index in [2.05, 4.69) is 0 Å². The number of benzene rings is 2. The molecule has 2 aromatic rings. The van der Waals surface area contributed by atoms with Gasteiger partial charge >= 0.3 is 5.97 Å². The second-order valence-electron chi connectivity index (χ2n) is 6.84. The Labute approximate surface area is 164 Å². The van der Waals surface area contributed by atoms with E-state index in [4.69, 9.17) is 9.47 Å². The summed E-state index contributed by atoms with van der Waals surface area (Å²) < 4.78 is 10.9. The Morgan fingerprint density at radius 1 is 1.14 bits per heavy atom. The van der Waals surface area contributed by atoms with Gasteiger partial charge in [0.15, 0.2) is 0 Å². The molecule has 2 atom stereocenters. The zero-order valence-corrected chi connectivity index (χ0v) is 16.1. The van der Waals surface area contributed by atoms with Gasteiger partial charge in [-0.25, -0.2) is 0 Å². The third kappa shape index (κ3) is 4.27. The van der Waals surface area contributed by atoms with Gasteiger partial charge in [-0.1, -0.05) is 30.3 Å². The fraction of sp³-hybridized carbons (Fsp3) is 0.364. The highest BCUT2D eigenvalue weighted by Gasteiger charge is 2.40. The van der Waals surface area contributed by atoms with Gasteiger partial charge < -0.3 is 19.5 Å². The van der Waals surface area contributed by atoms with Crippen LogP contribution in [-0.4, -0.2) is 48.7 Å². The topological polar surface area (TPSA) is 76.1 Å². The van der Waals surface area contributed by atoms with Crippen LogP contribution < -0.4 is 9.47 Å². The summed E-state index contributed by atoms with van der Waals surface area (Å²) in [4.78, 5) is 26.4. The van der Waals surface area contributed by atoms with Gasteiger partial charge in [-0.2, -0.15) is 0 Å². The number of hydrogen-bond donors (Lipinski definition) is 1. The van der Waals surface area contributed by atoms with Gasteiger partial charge in [0.1, 0.15) is 11.5 Å². The fourth-order valence-electron chi connectivity index (χ4n) is 3.69. The van der Waals surface area contributed by atoms with E-state index in [1.54, 1.807) is 12.0 Å². The van der Waals surface area contributed by atoms with Crippen molar-refractivity contribution in [2.75, 3.05) is 26.8 Å². The number of carbonyl (C=O) groups is 2. The van der Waals surface area contributed by atoms with Gasteiger partial charge in [-0.3, -0.25) is 9.59 Å². The predicted octanol–water partition coefficient (Wildman–Crippen LogP) is 2.96. The lowest BCUT2D eigenvalue weighted by Gasteiger charge is -2.18. The zero-order valence-electron chi connectivity index (χ0n) is 16.1. The maximum Gasteiger partial charge on any atom is 0.308 e. The van der Waals surface area contributed by atoms with Crippen molar-refractivity contribution in [1.29, 1.82) is 0 Å². The molecule has 1 saturated heterocycles. The van der Waals surface area contributed by atoms with Gasteiger partial charge in [0.05, 0.1) is 26.1 Å². The highest BCUT2D eigenvalue weighted by atomic mass is 16.5. The maximum absolute atomic E-state index is 12.9. The van der Waals surface area contributed by atoms with Crippen molar-refractivity contribution in [3.8, 4) is 11.5 Å². The average molecular weight is 383 g/mol. The maximum atomic E-state index is 12.9. The lowest BCUT2D eigenvalue weighted by Crippen LogP contribution is -2.31. The van der Waals surface area contributed by atoms with Crippen LogP contribution in [0.2, 0.25) is 0 Å². The van der Waals surface area contributed by atoms with Crippen LogP contribution >= 0.6 is 0 Å². The Kier molecular flexibility index (Phi) is 6.19. The first-order valence-corrected chi connectivity index (χ1v) is 9.38. The summed E-state index contributed by atoms with van der Waals surface area (Å²) in [6, 6.07) is 14.9. The third-order valence-electron chi connectivity index (χ3n) is 5.13. The van der Waals surface area contributed by atoms with Gasteiger partial charge in [-0.15, -0.1) is 0 Å². The van der Waals surface area contributed by atoms with Crippen LogP contribution in [0.15, 0.2) is 48.5 Å². The SMILES string of the molecule is CCOc1ccccc1CC(=O)N1C[C@@H](C(=O)O)[C@H](c2cccc(OC)c2)C1. The summed E-state index contributed by atoms with van der Waals surface area (Å²) in [5.74, 6) is -0.521. The summed E-state index contributed by atoms with van der Waals surface area (Å²) in [5, 5.41) is 9.69. The molecule has 148 valence electrons. The Balaban J connectivity index is 1.78. The van der Waals surface area contributed by atoms with E-state index in [0.717, 1.165) is 11.1 Å². The molecule has 0 unspecified atom stereocenters. The minimum Gasteiger partial charge on any atom is -0.497 e. The molecule has 1 aliphatic heterocycles. The van der Waals surface area contributed by atoms with Crippen molar-refractivity contribution in [2.24, 2.45) is 5.92 Å². The van der Waals surface area contributed by atoms with Crippen LogP contribution in [-0.2, 0) is 16.0 Å². The van der Waals surface area contributed by atoms with Gasteiger partial charge in [0.2, 0.25) is 5.91 Å². The van der Waals surface area contributed by atoms with Gasteiger partial charge in [-0.05, 0) is 30.7 Å². The van der Waals surface area contributed by atoms with Crippen molar-refractivity contribution < 1.29 is 24.2 Å². The highest BCUT2D eigenvalue weighted by molar-refractivity contribution is 5.82. The van der Waals surface area contributed by atoms with E-state index < -0.39 is 11.9 Å². The molecule has 6 nitrogen and oxygen atoms in total. The number of amides is 1. The highest BCUT2D eigenvalue weighted by Crippen LogP contribution is 2.35. The van der Waals surface area contributed by atoms with E-state index in [1.165, 1.54) is 0 Å². The van der Waals surface area contributed by atoms with Gasteiger partial charge in [0.25, 0.3) is 0 Å². The van der Waals surface area contributed by atoms with Gasteiger partial charge in [0, 0.05) is 24.6 Å². The van der Waals surface area contributed by atoms with Crippen molar-refractivity contribution in [2.45, 2.75) is 19.3 Å².